The lowest BCUT2D eigenvalue weighted by Crippen LogP contribution is -2.36. The van der Waals surface area contributed by atoms with Crippen LogP contribution < -0.4 is 0 Å². The van der Waals surface area contributed by atoms with E-state index >= 15 is 0 Å². The number of hydrogen-bond donors (Lipinski definition) is 0. The van der Waals surface area contributed by atoms with Gasteiger partial charge in [0.05, 0.1) is 0 Å². The first kappa shape index (κ1) is 16.2. The maximum atomic E-state index is 2.63. The van der Waals surface area contributed by atoms with E-state index in [1.54, 1.807) is 5.56 Å². The third-order valence-corrected chi connectivity index (χ3v) is 5.43. The van der Waals surface area contributed by atoms with Crippen molar-refractivity contribution in [3.05, 3.63) is 95.3 Å². The molecule has 0 spiro atoms. The molecule has 1 unspecified atom stereocenters. The summed E-state index contributed by atoms with van der Waals surface area (Å²) in [5.41, 5.74) is 5.89. The number of aromatic nitrogens is 1. The van der Waals surface area contributed by atoms with Crippen molar-refractivity contribution in [3.8, 4) is 0 Å². The predicted octanol–water partition coefficient (Wildman–Crippen LogP) is 4.41. The predicted molar refractivity (Wildman–Crippen MR) is 104 cm³/mol. The first-order valence-electron chi connectivity index (χ1n) is 9.24. The van der Waals surface area contributed by atoms with Gasteiger partial charge in [-0.1, -0.05) is 54.6 Å². The zero-order valence-corrected chi connectivity index (χ0v) is 14.9. The number of rotatable bonds is 5. The van der Waals surface area contributed by atoms with Crippen LogP contribution in [0.3, 0.4) is 0 Å². The van der Waals surface area contributed by atoms with E-state index in [-0.39, 0.29) is 0 Å². The van der Waals surface area contributed by atoms with Crippen molar-refractivity contribution < 1.29 is 0 Å². The molecule has 4 rings (SSSR count). The summed E-state index contributed by atoms with van der Waals surface area (Å²) in [4.78, 5) is 2.63. The number of nitrogens with zero attached hydrogens (tertiary/aromatic N) is 2. The topological polar surface area (TPSA) is 8.17 Å². The molecule has 0 saturated heterocycles. The van der Waals surface area contributed by atoms with Gasteiger partial charge in [-0.25, -0.2) is 0 Å². The summed E-state index contributed by atoms with van der Waals surface area (Å²) >= 11 is 0. The van der Waals surface area contributed by atoms with Gasteiger partial charge in [0.15, 0.2) is 0 Å². The summed E-state index contributed by atoms with van der Waals surface area (Å²) in [6.07, 6.45) is 4.39. The average molecular weight is 330 g/mol. The maximum absolute atomic E-state index is 2.63. The van der Waals surface area contributed by atoms with Crippen LogP contribution in [0.5, 0.6) is 0 Å². The Bertz CT molecular complexity index is 819. The van der Waals surface area contributed by atoms with E-state index in [1.165, 1.54) is 16.8 Å². The van der Waals surface area contributed by atoms with Gasteiger partial charge in [-0.3, -0.25) is 4.90 Å². The molecular formula is C23H26N2. The molecule has 0 aliphatic carbocycles. The van der Waals surface area contributed by atoms with Gasteiger partial charge in [-0.05, 0) is 41.7 Å². The molecule has 3 aromatic rings. The maximum Gasteiger partial charge on any atom is 0.0236 e. The Hall–Kier alpha value is -2.32. The summed E-state index contributed by atoms with van der Waals surface area (Å²) in [6, 6.07) is 24.3. The van der Waals surface area contributed by atoms with Crippen molar-refractivity contribution in [1.29, 1.82) is 0 Å². The van der Waals surface area contributed by atoms with E-state index in [0.29, 0.717) is 5.92 Å². The summed E-state index contributed by atoms with van der Waals surface area (Å²) in [6.45, 7) is 3.35. The van der Waals surface area contributed by atoms with Crippen LogP contribution >= 0.6 is 0 Å². The molecule has 2 aromatic carbocycles. The molecule has 25 heavy (non-hydrogen) atoms. The minimum Gasteiger partial charge on any atom is -0.354 e. The lowest BCUT2D eigenvalue weighted by atomic mass is 9.86. The van der Waals surface area contributed by atoms with E-state index in [1.807, 2.05) is 0 Å². The monoisotopic (exact) mass is 330 g/mol. The van der Waals surface area contributed by atoms with Gasteiger partial charge in [0.2, 0.25) is 0 Å². The molecule has 1 atom stereocenters. The summed E-state index contributed by atoms with van der Waals surface area (Å²) in [7, 11) is 2.15. The second-order valence-electron chi connectivity index (χ2n) is 7.18. The lowest BCUT2D eigenvalue weighted by molar-refractivity contribution is 0.231. The molecule has 0 saturated carbocycles. The van der Waals surface area contributed by atoms with Crippen LogP contribution in [-0.2, 0) is 26.4 Å². The second-order valence-corrected chi connectivity index (χ2v) is 7.18. The van der Waals surface area contributed by atoms with Crippen LogP contribution in [0.4, 0.5) is 0 Å². The van der Waals surface area contributed by atoms with Crippen LogP contribution in [-0.4, -0.2) is 22.6 Å². The van der Waals surface area contributed by atoms with Crippen LogP contribution in [0.15, 0.2) is 72.9 Å². The minimum atomic E-state index is 0.578. The van der Waals surface area contributed by atoms with Crippen molar-refractivity contribution in [3.63, 3.8) is 0 Å². The first-order valence-corrected chi connectivity index (χ1v) is 9.24. The molecule has 2 heteroatoms. The largest absolute Gasteiger partial charge is 0.354 e. The van der Waals surface area contributed by atoms with Crippen molar-refractivity contribution in [2.75, 3.05) is 13.1 Å². The third kappa shape index (κ3) is 3.69. The van der Waals surface area contributed by atoms with Crippen molar-refractivity contribution >= 4 is 0 Å². The molecule has 0 radical (unpaired) electrons. The third-order valence-electron chi connectivity index (χ3n) is 5.43. The van der Waals surface area contributed by atoms with E-state index in [0.717, 1.165) is 32.5 Å². The highest BCUT2D eigenvalue weighted by Gasteiger charge is 2.25. The molecular weight excluding hydrogens is 304 g/mol. The summed E-state index contributed by atoms with van der Waals surface area (Å²) < 4.78 is 2.26. The highest BCUT2D eigenvalue weighted by molar-refractivity contribution is 5.34. The quantitative estimate of drug-likeness (QED) is 0.673. The molecule has 1 aliphatic heterocycles. The van der Waals surface area contributed by atoms with Gasteiger partial charge in [-0.15, -0.1) is 0 Å². The Morgan fingerprint density at radius 1 is 0.920 bits per heavy atom. The second kappa shape index (κ2) is 7.28. The van der Waals surface area contributed by atoms with Gasteiger partial charge in [0.1, 0.15) is 0 Å². The molecule has 0 fully saturated rings. The molecule has 128 valence electrons. The van der Waals surface area contributed by atoms with Gasteiger partial charge in [-0.2, -0.15) is 0 Å². The molecule has 1 aliphatic rings. The fourth-order valence-electron chi connectivity index (χ4n) is 4.03. The molecule has 2 nitrogen and oxygen atoms in total. The zero-order chi connectivity index (χ0) is 17.1. The van der Waals surface area contributed by atoms with Crippen LogP contribution in [0.25, 0.3) is 0 Å². The zero-order valence-electron chi connectivity index (χ0n) is 14.9. The number of hydrogen-bond acceptors (Lipinski definition) is 1. The number of benzene rings is 2. The Kier molecular flexibility index (Phi) is 4.71. The van der Waals surface area contributed by atoms with Crippen molar-refractivity contribution in [2.45, 2.75) is 25.3 Å². The fourth-order valence-corrected chi connectivity index (χ4v) is 4.03. The van der Waals surface area contributed by atoms with E-state index in [9.17, 15) is 0 Å². The fraction of sp³-hybridized carbons (Fsp3) is 0.304. The summed E-state index contributed by atoms with van der Waals surface area (Å²) in [5, 5.41) is 0. The standard InChI is InChI=1S/C23H26N2/c1-24-14-7-11-22(24)16-21-18-25(15-13-19-8-3-2-4-9-19)17-20-10-5-6-12-23(20)21/h2-12,14,21H,13,15-18H2,1H3. The molecule has 0 N–H and O–H groups in total. The van der Waals surface area contributed by atoms with Gasteiger partial charge in [0.25, 0.3) is 0 Å². The van der Waals surface area contributed by atoms with Crippen molar-refractivity contribution in [2.24, 2.45) is 7.05 Å². The molecule has 1 aromatic heterocycles. The van der Waals surface area contributed by atoms with Crippen LogP contribution in [0, 0.1) is 0 Å². The number of fused-ring (bicyclic) bond motifs is 1. The van der Waals surface area contributed by atoms with Gasteiger partial charge in [0, 0.05) is 44.5 Å². The SMILES string of the molecule is Cn1cccc1CC1CN(CCc2ccccc2)Cc2ccccc21. The van der Waals surface area contributed by atoms with E-state index < -0.39 is 0 Å². The first-order chi connectivity index (χ1) is 12.3. The average Bonchev–Trinajstić information content (AvgIpc) is 3.05. The van der Waals surface area contributed by atoms with Gasteiger partial charge < -0.3 is 4.57 Å². The van der Waals surface area contributed by atoms with Crippen LogP contribution in [0.2, 0.25) is 0 Å². The highest BCUT2D eigenvalue weighted by atomic mass is 15.1. The van der Waals surface area contributed by atoms with Crippen molar-refractivity contribution in [1.82, 2.24) is 9.47 Å². The van der Waals surface area contributed by atoms with E-state index in [2.05, 4.69) is 89.4 Å². The van der Waals surface area contributed by atoms with Crippen LogP contribution in [0.1, 0.15) is 28.3 Å². The van der Waals surface area contributed by atoms with E-state index in [4.69, 9.17) is 0 Å². The Balaban J connectivity index is 1.51. The molecule has 0 amide bonds. The Morgan fingerprint density at radius 3 is 2.52 bits per heavy atom. The highest BCUT2D eigenvalue weighted by Crippen LogP contribution is 2.31. The Labute approximate surface area is 150 Å². The summed E-state index contributed by atoms with van der Waals surface area (Å²) in [5.74, 6) is 0.578. The minimum absolute atomic E-state index is 0.578. The van der Waals surface area contributed by atoms with Gasteiger partial charge >= 0.3 is 0 Å². The molecule has 0 bridgehead atoms. The lowest BCUT2D eigenvalue weighted by Gasteiger charge is -2.35. The molecule has 2 heterocycles. The smallest absolute Gasteiger partial charge is 0.0236 e. The Morgan fingerprint density at radius 2 is 1.72 bits per heavy atom. The number of aryl methyl sites for hydroxylation is 1. The normalized spacial score (nSPS) is 17.4.